The van der Waals surface area contributed by atoms with Gasteiger partial charge in [0, 0.05) is 18.8 Å². The molecule has 0 amide bonds. The van der Waals surface area contributed by atoms with Crippen molar-refractivity contribution in [2.75, 3.05) is 0 Å². The number of aromatic nitrogens is 1. The molecule has 3 nitrogen and oxygen atoms in total. The third kappa shape index (κ3) is 2.33. The lowest BCUT2D eigenvalue weighted by Gasteiger charge is -1.90. The first-order valence-electron chi connectivity index (χ1n) is 2.70. The lowest BCUT2D eigenvalue weighted by atomic mass is 10.3. The normalized spacial score (nSPS) is 8.50. The van der Waals surface area contributed by atoms with Gasteiger partial charge >= 0.3 is 0 Å². The summed E-state index contributed by atoms with van der Waals surface area (Å²) in [6.45, 7) is 0.469. The van der Waals surface area contributed by atoms with Crippen LogP contribution >= 0.6 is 17.0 Å². The number of hydrogen-bond donors (Lipinski definition) is 2. The van der Waals surface area contributed by atoms with E-state index in [1.165, 1.54) is 6.07 Å². The second-order valence-corrected chi connectivity index (χ2v) is 1.77. The minimum Gasteiger partial charge on any atom is -0.329 e. The van der Waals surface area contributed by atoms with Gasteiger partial charge in [-0.2, -0.15) is 0 Å². The van der Waals surface area contributed by atoms with Crippen LogP contribution < -0.4 is 11.3 Å². The molecule has 0 aliphatic rings. The zero-order chi connectivity index (χ0) is 6.69. The van der Waals surface area contributed by atoms with Crippen LogP contribution in [-0.4, -0.2) is 4.98 Å². The number of nitrogens with two attached hydrogens (primary N) is 1. The third-order valence-corrected chi connectivity index (χ3v) is 1.08. The van der Waals surface area contributed by atoms with Crippen molar-refractivity contribution >= 4 is 17.0 Å². The minimum absolute atomic E-state index is 0. The van der Waals surface area contributed by atoms with Gasteiger partial charge in [0.1, 0.15) is 0 Å². The average Bonchev–Trinajstić information content (AvgIpc) is 1.90. The quantitative estimate of drug-likeness (QED) is 0.697. The van der Waals surface area contributed by atoms with Crippen LogP contribution in [0.15, 0.2) is 23.1 Å². The molecular formula is C6H9BrN2O. The Hall–Kier alpha value is -0.610. The van der Waals surface area contributed by atoms with Crippen molar-refractivity contribution in [2.24, 2.45) is 5.73 Å². The van der Waals surface area contributed by atoms with E-state index in [1.54, 1.807) is 12.3 Å². The van der Waals surface area contributed by atoms with Gasteiger partial charge in [0.15, 0.2) is 0 Å². The standard InChI is InChI=1S/C6H8N2O.BrH/c7-3-5-1-2-6(9)8-4-5;/h1-2,4H,3,7H2,(H,8,9);1H. The molecular weight excluding hydrogens is 196 g/mol. The van der Waals surface area contributed by atoms with Crippen molar-refractivity contribution in [1.82, 2.24) is 4.98 Å². The van der Waals surface area contributed by atoms with Gasteiger partial charge < -0.3 is 10.7 Å². The van der Waals surface area contributed by atoms with Crippen LogP contribution in [0.3, 0.4) is 0 Å². The summed E-state index contributed by atoms with van der Waals surface area (Å²) in [5.74, 6) is 0. The van der Waals surface area contributed by atoms with Gasteiger partial charge in [0.25, 0.3) is 0 Å². The van der Waals surface area contributed by atoms with Gasteiger partial charge in [-0.25, -0.2) is 0 Å². The molecule has 1 rings (SSSR count). The largest absolute Gasteiger partial charge is 0.329 e. The Kier molecular flexibility index (Phi) is 3.99. The van der Waals surface area contributed by atoms with E-state index in [0.29, 0.717) is 6.54 Å². The monoisotopic (exact) mass is 204 g/mol. The molecule has 1 aromatic rings. The molecule has 0 saturated carbocycles. The zero-order valence-electron chi connectivity index (χ0n) is 5.33. The van der Waals surface area contributed by atoms with Gasteiger partial charge in [-0.3, -0.25) is 4.79 Å². The van der Waals surface area contributed by atoms with Gasteiger partial charge in [0.05, 0.1) is 0 Å². The summed E-state index contributed by atoms with van der Waals surface area (Å²) >= 11 is 0. The Morgan fingerprint density at radius 2 is 2.20 bits per heavy atom. The molecule has 0 spiro atoms. The van der Waals surface area contributed by atoms with Crippen LogP contribution in [0.4, 0.5) is 0 Å². The molecule has 0 unspecified atom stereocenters. The maximum Gasteiger partial charge on any atom is 0.247 e. The lowest BCUT2D eigenvalue weighted by Crippen LogP contribution is -2.05. The zero-order valence-corrected chi connectivity index (χ0v) is 7.05. The fraction of sp³-hybridized carbons (Fsp3) is 0.167. The van der Waals surface area contributed by atoms with Crippen molar-refractivity contribution in [2.45, 2.75) is 6.54 Å². The average molecular weight is 205 g/mol. The lowest BCUT2D eigenvalue weighted by molar-refractivity contribution is 1.04. The Bertz CT molecular complexity index is 225. The summed E-state index contributed by atoms with van der Waals surface area (Å²) in [5, 5.41) is 0. The third-order valence-electron chi connectivity index (χ3n) is 1.08. The predicted molar refractivity (Wildman–Crippen MR) is 45.3 cm³/mol. The molecule has 56 valence electrons. The molecule has 0 aromatic carbocycles. The van der Waals surface area contributed by atoms with E-state index < -0.39 is 0 Å². The van der Waals surface area contributed by atoms with Gasteiger partial charge in [-0.15, -0.1) is 17.0 Å². The fourth-order valence-corrected chi connectivity index (χ4v) is 0.570. The van der Waals surface area contributed by atoms with E-state index in [1.807, 2.05) is 0 Å². The molecule has 4 heteroatoms. The maximum absolute atomic E-state index is 10.4. The number of aromatic amines is 1. The summed E-state index contributed by atoms with van der Waals surface area (Å²) in [6.07, 6.45) is 1.61. The number of hydrogen-bond acceptors (Lipinski definition) is 2. The molecule has 0 aliphatic heterocycles. The first kappa shape index (κ1) is 9.39. The van der Waals surface area contributed by atoms with Crippen molar-refractivity contribution in [3.63, 3.8) is 0 Å². The second-order valence-electron chi connectivity index (χ2n) is 1.77. The van der Waals surface area contributed by atoms with E-state index in [2.05, 4.69) is 4.98 Å². The van der Waals surface area contributed by atoms with Crippen LogP contribution in [-0.2, 0) is 6.54 Å². The number of nitrogens with one attached hydrogen (secondary N) is 1. The topological polar surface area (TPSA) is 58.9 Å². The highest BCUT2D eigenvalue weighted by Crippen LogP contribution is 1.87. The van der Waals surface area contributed by atoms with E-state index in [-0.39, 0.29) is 22.5 Å². The summed E-state index contributed by atoms with van der Waals surface area (Å²) in [7, 11) is 0. The van der Waals surface area contributed by atoms with Crippen LogP contribution in [0.2, 0.25) is 0 Å². The first-order chi connectivity index (χ1) is 4.33. The minimum atomic E-state index is -0.0906. The van der Waals surface area contributed by atoms with Crippen LogP contribution in [0, 0.1) is 0 Å². The Morgan fingerprint density at radius 3 is 2.60 bits per heavy atom. The molecule has 0 saturated heterocycles. The molecule has 3 N–H and O–H groups in total. The molecule has 0 radical (unpaired) electrons. The number of rotatable bonds is 1. The second kappa shape index (κ2) is 4.24. The summed E-state index contributed by atoms with van der Waals surface area (Å²) in [6, 6.07) is 3.17. The number of pyridine rings is 1. The summed E-state index contributed by atoms with van der Waals surface area (Å²) in [4.78, 5) is 13.0. The van der Waals surface area contributed by atoms with Crippen molar-refractivity contribution in [3.8, 4) is 0 Å². The van der Waals surface area contributed by atoms with E-state index in [0.717, 1.165) is 5.56 Å². The molecule has 0 fully saturated rings. The number of halogens is 1. The molecule has 1 heterocycles. The highest BCUT2D eigenvalue weighted by Gasteiger charge is 1.84. The highest BCUT2D eigenvalue weighted by atomic mass is 79.9. The first-order valence-corrected chi connectivity index (χ1v) is 2.70. The summed E-state index contributed by atoms with van der Waals surface area (Å²) < 4.78 is 0. The van der Waals surface area contributed by atoms with Gasteiger partial charge in [-0.1, -0.05) is 6.07 Å². The van der Waals surface area contributed by atoms with Crippen molar-refractivity contribution in [1.29, 1.82) is 0 Å². The fourth-order valence-electron chi connectivity index (χ4n) is 0.570. The maximum atomic E-state index is 10.4. The Balaban J connectivity index is 0.000000810. The number of H-pyrrole nitrogens is 1. The summed E-state index contributed by atoms with van der Waals surface area (Å²) in [5.41, 5.74) is 6.13. The predicted octanol–water partition coefficient (Wildman–Crippen LogP) is 0.412. The molecule has 0 atom stereocenters. The van der Waals surface area contributed by atoms with Gasteiger partial charge in [0.2, 0.25) is 5.56 Å². The highest BCUT2D eigenvalue weighted by molar-refractivity contribution is 8.93. The van der Waals surface area contributed by atoms with Crippen LogP contribution in [0.1, 0.15) is 5.56 Å². The Labute approximate surface area is 69.0 Å². The molecule has 1 aromatic heterocycles. The van der Waals surface area contributed by atoms with Crippen LogP contribution in [0.25, 0.3) is 0 Å². The van der Waals surface area contributed by atoms with Gasteiger partial charge in [-0.05, 0) is 5.56 Å². The van der Waals surface area contributed by atoms with E-state index in [4.69, 9.17) is 5.73 Å². The van der Waals surface area contributed by atoms with E-state index in [9.17, 15) is 4.79 Å². The van der Waals surface area contributed by atoms with E-state index >= 15 is 0 Å². The smallest absolute Gasteiger partial charge is 0.247 e. The van der Waals surface area contributed by atoms with Crippen molar-refractivity contribution in [3.05, 3.63) is 34.2 Å². The molecule has 0 bridgehead atoms. The van der Waals surface area contributed by atoms with Crippen molar-refractivity contribution < 1.29 is 0 Å². The molecule has 0 aliphatic carbocycles. The Morgan fingerprint density at radius 1 is 1.50 bits per heavy atom. The SMILES string of the molecule is Br.NCc1ccc(=O)[nH]c1. The molecule has 10 heavy (non-hydrogen) atoms. The van der Waals surface area contributed by atoms with Crippen LogP contribution in [0.5, 0.6) is 0 Å².